The molecule has 1 atom stereocenters. The average Bonchev–Trinajstić information content (AvgIpc) is 2.32. The second kappa shape index (κ2) is 5.87. The molecule has 0 bridgehead atoms. The van der Waals surface area contributed by atoms with Crippen molar-refractivity contribution in [3.05, 3.63) is 57.0 Å². The Bertz CT molecular complexity index is 553. The van der Waals surface area contributed by atoms with E-state index in [9.17, 15) is 5.11 Å². The Morgan fingerprint density at radius 1 is 1.06 bits per heavy atom. The third kappa shape index (κ3) is 3.13. The molecule has 0 saturated heterocycles. The van der Waals surface area contributed by atoms with E-state index in [1.807, 2.05) is 42.5 Å². The number of para-hydroxylation sites is 1. The Hall–Kier alpha value is -0.840. The summed E-state index contributed by atoms with van der Waals surface area (Å²) >= 11 is 6.84. The standard InChI is InChI=1S/C14H12Br2O2/c1-9(17)11-7-6-10(15)8-14(11)18-13-5-3-2-4-12(13)16/h2-9,17H,1H3. The number of aliphatic hydroxyl groups excluding tert-OH is 1. The Kier molecular flexibility index (Phi) is 4.43. The lowest BCUT2D eigenvalue weighted by molar-refractivity contribution is 0.195. The van der Waals surface area contributed by atoms with Crippen molar-refractivity contribution in [3.63, 3.8) is 0 Å². The van der Waals surface area contributed by atoms with Crippen LogP contribution in [0.3, 0.4) is 0 Å². The SMILES string of the molecule is CC(O)c1ccc(Br)cc1Oc1ccccc1Br. The van der Waals surface area contributed by atoms with Crippen LogP contribution in [-0.4, -0.2) is 5.11 Å². The number of benzene rings is 2. The third-order valence-corrected chi connectivity index (χ3v) is 3.63. The van der Waals surface area contributed by atoms with Crippen molar-refractivity contribution in [2.75, 3.05) is 0 Å². The fourth-order valence-electron chi connectivity index (χ4n) is 1.59. The second-order valence-corrected chi connectivity index (χ2v) is 5.66. The van der Waals surface area contributed by atoms with Crippen LogP contribution in [-0.2, 0) is 0 Å². The van der Waals surface area contributed by atoms with E-state index in [1.165, 1.54) is 0 Å². The predicted octanol–water partition coefficient (Wildman–Crippen LogP) is 5.06. The number of hydrogen-bond donors (Lipinski definition) is 1. The van der Waals surface area contributed by atoms with Gasteiger partial charge in [0.15, 0.2) is 0 Å². The average molecular weight is 372 g/mol. The van der Waals surface area contributed by atoms with E-state index < -0.39 is 6.10 Å². The first kappa shape index (κ1) is 13.6. The fraction of sp³-hybridized carbons (Fsp3) is 0.143. The summed E-state index contributed by atoms with van der Waals surface area (Å²) in [5, 5.41) is 9.74. The molecule has 0 aromatic heterocycles. The van der Waals surface area contributed by atoms with Crippen LogP contribution in [0, 0.1) is 0 Å². The van der Waals surface area contributed by atoms with Gasteiger partial charge in [-0.25, -0.2) is 0 Å². The van der Waals surface area contributed by atoms with Gasteiger partial charge < -0.3 is 9.84 Å². The summed E-state index contributed by atoms with van der Waals surface area (Å²) in [5.74, 6) is 1.36. The van der Waals surface area contributed by atoms with Crippen molar-refractivity contribution in [1.82, 2.24) is 0 Å². The molecule has 0 radical (unpaired) electrons. The van der Waals surface area contributed by atoms with Crippen LogP contribution in [0.25, 0.3) is 0 Å². The molecule has 2 aromatic carbocycles. The van der Waals surface area contributed by atoms with Gasteiger partial charge in [-0.2, -0.15) is 0 Å². The second-order valence-electron chi connectivity index (χ2n) is 3.89. The molecule has 1 N–H and O–H groups in total. The zero-order chi connectivity index (χ0) is 13.1. The van der Waals surface area contributed by atoms with Crippen LogP contribution < -0.4 is 4.74 Å². The van der Waals surface area contributed by atoms with Crippen LogP contribution in [0.2, 0.25) is 0 Å². The molecule has 0 heterocycles. The van der Waals surface area contributed by atoms with Gasteiger partial charge in [-0.3, -0.25) is 0 Å². The van der Waals surface area contributed by atoms with Crippen LogP contribution in [0.15, 0.2) is 51.4 Å². The van der Waals surface area contributed by atoms with Crippen molar-refractivity contribution >= 4 is 31.9 Å². The molecule has 2 rings (SSSR count). The quantitative estimate of drug-likeness (QED) is 0.817. The lowest BCUT2D eigenvalue weighted by Crippen LogP contribution is -1.96. The largest absolute Gasteiger partial charge is 0.456 e. The van der Waals surface area contributed by atoms with E-state index >= 15 is 0 Å². The van der Waals surface area contributed by atoms with E-state index in [0.29, 0.717) is 5.75 Å². The molecule has 0 amide bonds. The van der Waals surface area contributed by atoms with E-state index in [4.69, 9.17) is 4.74 Å². The van der Waals surface area contributed by atoms with Crippen LogP contribution in [0.4, 0.5) is 0 Å². The molecule has 0 aliphatic rings. The first-order valence-corrected chi connectivity index (χ1v) is 7.06. The van der Waals surface area contributed by atoms with Gasteiger partial charge in [0.2, 0.25) is 0 Å². The van der Waals surface area contributed by atoms with Gasteiger partial charge in [0.25, 0.3) is 0 Å². The van der Waals surface area contributed by atoms with Gasteiger partial charge in [0, 0.05) is 10.0 Å². The van der Waals surface area contributed by atoms with Gasteiger partial charge in [-0.1, -0.05) is 34.1 Å². The number of halogens is 2. The van der Waals surface area contributed by atoms with Crippen molar-refractivity contribution in [2.45, 2.75) is 13.0 Å². The minimum Gasteiger partial charge on any atom is -0.456 e. The summed E-state index contributed by atoms with van der Waals surface area (Å²) in [6.07, 6.45) is -0.574. The van der Waals surface area contributed by atoms with Gasteiger partial charge in [0.05, 0.1) is 10.6 Å². The van der Waals surface area contributed by atoms with Crippen LogP contribution in [0.5, 0.6) is 11.5 Å². The van der Waals surface area contributed by atoms with Gasteiger partial charge in [-0.15, -0.1) is 0 Å². The van der Waals surface area contributed by atoms with Crippen LogP contribution in [0.1, 0.15) is 18.6 Å². The number of hydrogen-bond acceptors (Lipinski definition) is 2. The van der Waals surface area contributed by atoms with Crippen LogP contribution >= 0.6 is 31.9 Å². The Balaban J connectivity index is 2.39. The summed E-state index contributed by atoms with van der Waals surface area (Å²) in [6, 6.07) is 13.2. The molecule has 2 aromatic rings. The maximum Gasteiger partial charge on any atom is 0.141 e. The van der Waals surface area contributed by atoms with Crippen molar-refractivity contribution < 1.29 is 9.84 Å². The first-order valence-electron chi connectivity index (χ1n) is 5.48. The maximum absolute atomic E-state index is 9.74. The predicted molar refractivity (Wildman–Crippen MR) is 79.0 cm³/mol. The van der Waals surface area contributed by atoms with Gasteiger partial charge in [0.1, 0.15) is 11.5 Å². The molecule has 0 aliphatic heterocycles. The minimum atomic E-state index is -0.574. The highest BCUT2D eigenvalue weighted by molar-refractivity contribution is 9.10. The van der Waals surface area contributed by atoms with Gasteiger partial charge >= 0.3 is 0 Å². The lowest BCUT2D eigenvalue weighted by Gasteiger charge is -2.14. The zero-order valence-electron chi connectivity index (χ0n) is 9.73. The molecule has 1 unspecified atom stereocenters. The summed E-state index contributed by atoms with van der Waals surface area (Å²) < 4.78 is 7.63. The lowest BCUT2D eigenvalue weighted by atomic mass is 10.1. The molecule has 0 aliphatic carbocycles. The molecule has 18 heavy (non-hydrogen) atoms. The van der Waals surface area contributed by atoms with Crippen molar-refractivity contribution in [2.24, 2.45) is 0 Å². The number of rotatable bonds is 3. The number of ether oxygens (including phenoxy) is 1. The Labute approximate surface area is 123 Å². The minimum absolute atomic E-state index is 0.574. The Morgan fingerprint density at radius 2 is 1.78 bits per heavy atom. The summed E-state index contributed by atoms with van der Waals surface area (Å²) in [4.78, 5) is 0. The van der Waals surface area contributed by atoms with Crippen molar-refractivity contribution in [1.29, 1.82) is 0 Å². The summed E-state index contributed by atoms with van der Waals surface area (Å²) in [7, 11) is 0. The first-order chi connectivity index (χ1) is 8.58. The zero-order valence-corrected chi connectivity index (χ0v) is 12.9. The molecule has 0 spiro atoms. The molecule has 0 fully saturated rings. The fourth-order valence-corrected chi connectivity index (χ4v) is 2.29. The molecular weight excluding hydrogens is 360 g/mol. The summed E-state index contributed by atoms with van der Waals surface area (Å²) in [5.41, 5.74) is 0.758. The monoisotopic (exact) mass is 370 g/mol. The molecule has 2 nitrogen and oxygen atoms in total. The molecular formula is C14H12Br2O2. The Morgan fingerprint density at radius 3 is 2.44 bits per heavy atom. The van der Waals surface area contributed by atoms with E-state index in [1.54, 1.807) is 6.92 Å². The molecule has 94 valence electrons. The van der Waals surface area contributed by atoms with E-state index in [0.717, 1.165) is 20.3 Å². The highest BCUT2D eigenvalue weighted by Gasteiger charge is 2.11. The van der Waals surface area contributed by atoms with Crippen molar-refractivity contribution in [3.8, 4) is 11.5 Å². The van der Waals surface area contributed by atoms with E-state index in [-0.39, 0.29) is 0 Å². The van der Waals surface area contributed by atoms with Gasteiger partial charge in [-0.05, 0) is 47.1 Å². The highest BCUT2D eigenvalue weighted by atomic mass is 79.9. The molecule has 0 saturated carbocycles. The van der Waals surface area contributed by atoms with E-state index in [2.05, 4.69) is 31.9 Å². The third-order valence-electron chi connectivity index (χ3n) is 2.48. The molecule has 4 heteroatoms. The normalized spacial score (nSPS) is 12.2. The topological polar surface area (TPSA) is 29.5 Å². The summed E-state index contributed by atoms with van der Waals surface area (Å²) in [6.45, 7) is 1.72. The highest BCUT2D eigenvalue weighted by Crippen LogP contribution is 2.35. The number of aliphatic hydroxyl groups is 1. The smallest absolute Gasteiger partial charge is 0.141 e. The maximum atomic E-state index is 9.74.